The molecule has 0 spiro atoms. The molecule has 1 aromatic carbocycles. The summed E-state index contributed by atoms with van der Waals surface area (Å²) in [5.41, 5.74) is 0.652. The van der Waals surface area contributed by atoms with Crippen LogP contribution in [-0.2, 0) is 0 Å². The van der Waals surface area contributed by atoms with Crippen molar-refractivity contribution >= 4 is 45.7 Å². The molecule has 0 radical (unpaired) electrons. The van der Waals surface area contributed by atoms with Gasteiger partial charge in [0.05, 0.1) is 36.9 Å². The van der Waals surface area contributed by atoms with Crippen LogP contribution in [0.5, 0.6) is 17.5 Å². The minimum absolute atomic E-state index is 0.0629. The molecule has 0 bridgehead atoms. The highest BCUT2D eigenvalue weighted by Gasteiger charge is 2.16. The molecule has 0 fully saturated rings. The van der Waals surface area contributed by atoms with Crippen LogP contribution in [-0.4, -0.2) is 45.6 Å². The summed E-state index contributed by atoms with van der Waals surface area (Å²) in [6.07, 6.45) is 3.57. The number of ether oxygens (including phenoxy) is 3. The van der Waals surface area contributed by atoms with Crippen LogP contribution in [0.3, 0.4) is 0 Å². The van der Waals surface area contributed by atoms with E-state index < -0.39 is 0 Å². The van der Waals surface area contributed by atoms with Crippen molar-refractivity contribution in [3.05, 3.63) is 29.7 Å². The van der Waals surface area contributed by atoms with Gasteiger partial charge in [0.15, 0.2) is 5.82 Å². The first-order valence-corrected chi connectivity index (χ1v) is 9.90. The molecule has 0 atom stereocenters. The Balaban J connectivity index is 2.05. The average Bonchev–Trinajstić information content (AvgIpc) is 2.69. The minimum atomic E-state index is -0.0629. The molecule has 29 heavy (non-hydrogen) atoms. The van der Waals surface area contributed by atoms with E-state index in [1.54, 1.807) is 0 Å². The van der Waals surface area contributed by atoms with E-state index in [0.717, 1.165) is 6.42 Å². The number of fused-ring (bicyclic) bond motifs is 1. The van der Waals surface area contributed by atoms with Crippen molar-refractivity contribution in [1.29, 1.82) is 0 Å². The van der Waals surface area contributed by atoms with Crippen molar-refractivity contribution in [2.75, 3.05) is 24.9 Å². The van der Waals surface area contributed by atoms with Gasteiger partial charge in [0.25, 0.3) is 0 Å². The van der Waals surface area contributed by atoms with Crippen LogP contribution >= 0.6 is 23.2 Å². The maximum atomic E-state index is 6.23. The van der Waals surface area contributed by atoms with Gasteiger partial charge in [-0.25, -0.2) is 15.0 Å². The molecule has 2 heterocycles. The molecule has 0 amide bonds. The predicted molar refractivity (Wildman–Crippen MR) is 113 cm³/mol. The third-order valence-corrected chi connectivity index (χ3v) is 4.27. The number of nitrogens with one attached hydrogen (secondary N) is 1. The lowest BCUT2D eigenvalue weighted by Gasteiger charge is -2.17. The van der Waals surface area contributed by atoms with Crippen molar-refractivity contribution in [2.45, 2.75) is 26.4 Å². The number of aromatic nitrogens is 4. The number of benzene rings is 1. The van der Waals surface area contributed by atoms with Crippen LogP contribution in [0.4, 0.5) is 11.6 Å². The molecule has 0 aliphatic carbocycles. The highest BCUT2D eigenvalue weighted by atomic mass is 35.5. The summed E-state index contributed by atoms with van der Waals surface area (Å²) < 4.78 is 16.9. The molecule has 0 unspecified atom stereocenters. The number of nitrogens with zero attached hydrogens (tertiary/aromatic N) is 4. The lowest BCUT2D eigenvalue weighted by Crippen LogP contribution is -2.08. The van der Waals surface area contributed by atoms with Gasteiger partial charge < -0.3 is 19.5 Å². The van der Waals surface area contributed by atoms with Gasteiger partial charge in [-0.2, -0.15) is 4.98 Å². The Hall–Kier alpha value is -2.58. The highest BCUT2D eigenvalue weighted by molar-refractivity contribution is 6.33. The summed E-state index contributed by atoms with van der Waals surface area (Å²) in [6, 6.07) is 3.82. The standard InChI is InChI=1S/C19H21Cl2N5O3/c1-11(2)29-15-8-12(28-6-4-5-20)7-14-16(15)18(24-10-23-14)25-17-13(21)9-22-19(26-17)27-3/h7-11H,4-6H2,1-3H3,(H,22,23,24,25,26). The first-order valence-electron chi connectivity index (χ1n) is 8.99. The number of anilines is 2. The van der Waals surface area contributed by atoms with Crippen molar-refractivity contribution in [2.24, 2.45) is 0 Å². The largest absolute Gasteiger partial charge is 0.493 e. The van der Waals surface area contributed by atoms with Gasteiger partial charge in [-0.3, -0.25) is 0 Å². The molecule has 2 aromatic heterocycles. The van der Waals surface area contributed by atoms with E-state index >= 15 is 0 Å². The lowest BCUT2D eigenvalue weighted by molar-refractivity contribution is 0.243. The number of rotatable bonds is 9. The zero-order chi connectivity index (χ0) is 20.8. The first kappa shape index (κ1) is 21.1. The molecule has 0 saturated carbocycles. The maximum Gasteiger partial charge on any atom is 0.318 e. The van der Waals surface area contributed by atoms with Crippen LogP contribution in [0.2, 0.25) is 5.02 Å². The Kier molecular flexibility index (Phi) is 7.11. The Morgan fingerprint density at radius 3 is 2.69 bits per heavy atom. The van der Waals surface area contributed by atoms with Crippen LogP contribution < -0.4 is 19.5 Å². The lowest BCUT2D eigenvalue weighted by atomic mass is 10.2. The Labute approximate surface area is 178 Å². The predicted octanol–water partition coefficient (Wildman–Crippen LogP) is 4.62. The van der Waals surface area contributed by atoms with E-state index in [4.69, 9.17) is 37.4 Å². The smallest absolute Gasteiger partial charge is 0.318 e. The minimum Gasteiger partial charge on any atom is -0.493 e. The Morgan fingerprint density at radius 2 is 1.97 bits per heavy atom. The molecule has 154 valence electrons. The quantitative estimate of drug-likeness (QED) is 0.382. The normalized spacial score (nSPS) is 11.0. The number of methoxy groups -OCH3 is 1. The third-order valence-electron chi connectivity index (χ3n) is 3.73. The van der Waals surface area contributed by atoms with Gasteiger partial charge in [0.2, 0.25) is 0 Å². The van der Waals surface area contributed by atoms with Gasteiger partial charge in [-0.1, -0.05) is 11.6 Å². The van der Waals surface area contributed by atoms with Crippen LogP contribution in [0.15, 0.2) is 24.7 Å². The molecule has 0 saturated heterocycles. The molecular weight excluding hydrogens is 417 g/mol. The molecule has 10 heteroatoms. The monoisotopic (exact) mass is 437 g/mol. The number of hydrogen-bond donors (Lipinski definition) is 1. The van der Waals surface area contributed by atoms with E-state index in [2.05, 4.69) is 25.3 Å². The zero-order valence-electron chi connectivity index (χ0n) is 16.3. The summed E-state index contributed by atoms with van der Waals surface area (Å²) in [6.45, 7) is 4.38. The molecule has 3 aromatic rings. The third kappa shape index (κ3) is 5.27. The summed E-state index contributed by atoms with van der Waals surface area (Å²) in [4.78, 5) is 16.9. The van der Waals surface area contributed by atoms with Gasteiger partial charge >= 0.3 is 6.01 Å². The first-order chi connectivity index (χ1) is 14.0. The summed E-state index contributed by atoms with van der Waals surface area (Å²) in [5.74, 6) is 2.60. The van der Waals surface area contributed by atoms with E-state index in [1.807, 2.05) is 26.0 Å². The Morgan fingerprint density at radius 1 is 1.14 bits per heavy atom. The summed E-state index contributed by atoms with van der Waals surface area (Å²) >= 11 is 12.0. The van der Waals surface area contributed by atoms with E-state index in [1.165, 1.54) is 19.6 Å². The second-order valence-corrected chi connectivity index (χ2v) is 7.06. The van der Waals surface area contributed by atoms with Crippen molar-refractivity contribution < 1.29 is 14.2 Å². The van der Waals surface area contributed by atoms with Crippen molar-refractivity contribution in [3.63, 3.8) is 0 Å². The SMILES string of the molecule is COc1ncc(Cl)c(Nc2ncnc3cc(OCCCCl)cc(OC(C)C)c23)n1. The fourth-order valence-electron chi connectivity index (χ4n) is 2.55. The zero-order valence-corrected chi connectivity index (χ0v) is 17.8. The van der Waals surface area contributed by atoms with Gasteiger partial charge in [-0.15, -0.1) is 11.6 Å². The highest BCUT2D eigenvalue weighted by Crippen LogP contribution is 2.36. The molecule has 8 nitrogen and oxygen atoms in total. The average molecular weight is 438 g/mol. The fourth-order valence-corrected chi connectivity index (χ4v) is 2.80. The van der Waals surface area contributed by atoms with Gasteiger partial charge in [-0.05, 0) is 20.3 Å². The number of halogens is 2. The Bertz CT molecular complexity index is 987. The van der Waals surface area contributed by atoms with E-state index in [9.17, 15) is 0 Å². The summed E-state index contributed by atoms with van der Waals surface area (Å²) in [7, 11) is 1.48. The second kappa shape index (κ2) is 9.76. The van der Waals surface area contributed by atoms with Crippen LogP contribution in [0.1, 0.15) is 20.3 Å². The number of hydrogen-bond acceptors (Lipinski definition) is 8. The second-order valence-electron chi connectivity index (χ2n) is 6.27. The van der Waals surface area contributed by atoms with E-state index in [-0.39, 0.29) is 12.1 Å². The molecular formula is C19H21Cl2N5O3. The van der Waals surface area contributed by atoms with Crippen molar-refractivity contribution in [3.8, 4) is 17.5 Å². The molecule has 3 rings (SSSR count). The van der Waals surface area contributed by atoms with Gasteiger partial charge in [0.1, 0.15) is 28.7 Å². The van der Waals surface area contributed by atoms with Gasteiger partial charge in [0, 0.05) is 18.0 Å². The molecule has 0 aliphatic heterocycles. The maximum absolute atomic E-state index is 6.23. The molecule has 1 N–H and O–H groups in total. The number of alkyl halides is 1. The van der Waals surface area contributed by atoms with E-state index in [0.29, 0.717) is 51.5 Å². The van der Waals surface area contributed by atoms with Crippen LogP contribution in [0.25, 0.3) is 10.9 Å². The van der Waals surface area contributed by atoms with Crippen LogP contribution in [0, 0.1) is 0 Å². The topological polar surface area (TPSA) is 91.3 Å². The fraction of sp³-hybridized carbons (Fsp3) is 0.368. The van der Waals surface area contributed by atoms with Crippen molar-refractivity contribution in [1.82, 2.24) is 19.9 Å². The summed E-state index contributed by atoms with van der Waals surface area (Å²) in [5, 5.41) is 4.13. The molecule has 0 aliphatic rings.